The Morgan fingerprint density at radius 1 is 1.08 bits per heavy atom. The molecular weight excluding hydrogens is 423 g/mol. The van der Waals surface area contributed by atoms with Crippen molar-refractivity contribution in [2.24, 2.45) is 0 Å². The maximum atomic E-state index is 12.6. The van der Waals surface area contributed by atoms with E-state index in [2.05, 4.69) is 20.7 Å². The fourth-order valence-corrected chi connectivity index (χ4v) is 4.08. The van der Waals surface area contributed by atoms with E-state index < -0.39 is 27.8 Å². The fourth-order valence-electron chi connectivity index (χ4n) is 2.10. The number of halogens is 4. The molecular formula is C16H15BrF3NO3S. The molecule has 25 heavy (non-hydrogen) atoms. The Kier molecular flexibility index (Phi) is 6.12. The molecule has 0 fully saturated rings. The van der Waals surface area contributed by atoms with Gasteiger partial charge in [-0.15, -0.1) is 0 Å². The highest BCUT2D eigenvalue weighted by Gasteiger charge is 2.31. The molecule has 0 spiro atoms. The Hall–Kier alpha value is -1.58. The lowest BCUT2D eigenvalue weighted by Gasteiger charge is -2.17. The molecule has 9 heteroatoms. The van der Waals surface area contributed by atoms with Gasteiger partial charge in [-0.3, -0.25) is 0 Å². The Labute approximate surface area is 152 Å². The predicted octanol–water partition coefficient (Wildman–Crippen LogP) is 4.13. The first-order chi connectivity index (χ1) is 11.7. The highest BCUT2D eigenvalue weighted by Crippen LogP contribution is 2.30. The van der Waals surface area contributed by atoms with Crippen molar-refractivity contribution in [2.75, 3.05) is 12.4 Å². The van der Waals surface area contributed by atoms with Crippen LogP contribution < -0.4 is 9.46 Å². The van der Waals surface area contributed by atoms with Gasteiger partial charge in [-0.2, -0.15) is 13.2 Å². The van der Waals surface area contributed by atoms with Crippen LogP contribution in [0.15, 0.2) is 53.4 Å². The minimum atomic E-state index is -4.52. The van der Waals surface area contributed by atoms with Gasteiger partial charge in [0.05, 0.1) is 23.6 Å². The van der Waals surface area contributed by atoms with E-state index in [-0.39, 0.29) is 4.90 Å². The summed E-state index contributed by atoms with van der Waals surface area (Å²) in [7, 11) is -2.46. The van der Waals surface area contributed by atoms with Crippen LogP contribution in [0.25, 0.3) is 0 Å². The second kappa shape index (κ2) is 7.76. The lowest BCUT2D eigenvalue weighted by molar-refractivity contribution is -0.137. The summed E-state index contributed by atoms with van der Waals surface area (Å²) in [5.41, 5.74) is -0.216. The van der Waals surface area contributed by atoms with Gasteiger partial charge in [0.1, 0.15) is 5.75 Å². The maximum absolute atomic E-state index is 12.6. The predicted molar refractivity (Wildman–Crippen MR) is 91.3 cm³/mol. The lowest BCUT2D eigenvalue weighted by Crippen LogP contribution is -2.29. The quantitative estimate of drug-likeness (QED) is 0.691. The van der Waals surface area contributed by atoms with Crippen LogP contribution in [0.2, 0.25) is 0 Å². The van der Waals surface area contributed by atoms with E-state index in [1.54, 1.807) is 24.3 Å². The molecule has 0 aliphatic heterocycles. The molecule has 2 aromatic carbocycles. The Morgan fingerprint density at radius 3 is 2.08 bits per heavy atom. The van der Waals surface area contributed by atoms with Crippen molar-refractivity contribution in [2.45, 2.75) is 17.1 Å². The van der Waals surface area contributed by atoms with Gasteiger partial charge < -0.3 is 4.74 Å². The molecule has 0 radical (unpaired) electrons. The van der Waals surface area contributed by atoms with Crippen molar-refractivity contribution < 1.29 is 26.3 Å². The van der Waals surface area contributed by atoms with Crippen molar-refractivity contribution in [1.82, 2.24) is 4.72 Å². The number of sulfonamides is 1. The first kappa shape index (κ1) is 19.7. The lowest BCUT2D eigenvalue weighted by atomic mass is 10.1. The molecule has 0 saturated carbocycles. The van der Waals surface area contributed by atoms with Crippen molar-refractivity contribution in [3.05, 3.63) is 59.7 Å². The van der Waals surface area contributed by atoms with Crippen LogP contribution in [0.4, 0.5) is 13.2 Å². The van der Waals surface area contributed by atoms with Crippen LogP contribution in [0.1, 0.15) is 17.2 Å². The number of nitrogens with one attached hydrogen (secondary N) is 1. The van der Waals surface area contributed by atoms with Crippen molar-refractivity contribution in [3.63, 3.8) is 0 Å². The molecule has 0 amide bonds. The number of alkyl halides is 4. The number of hydrogen-bond acceptors (Lipinski definition) is 3. The summed E-state index contributed by atoms with van der Waals surface area (Å²) in [4.78, 5) is -0.236. The van der Waals surface area contributed by atoms with E-state index in [1.165, 1.54) is 7.11 Å². The van der Waals surface area contributed by atoms with Gasteiger partial charge in [0.15, 0.2) is 0 Å². The topological polar surface area (TPSA) is 55.4 Å². The molecule has 0 heterocycles. The molecule has 0 bridgehead atoms. The van der Waals surface area contributed by atoms with Crippen LogP contribution >= 0.6 is 15.9 Å². The zero-order valence-corrected chi connectivity index (χ0v) is 15.5. The second-order valence-electron chi connectivity index (χ2n) is 5.12. The molecule has 136 valence electrons. The minimum Gasteiger partial charge on any atom is -0.497 e. The molecule has 2 rings (SSSR count). The zero-order chi connectivity index (χ0) is 18.7. The number of benzene rings is 2. The third kappa shape index (κ3) is 4.96. The summed E-state index contributed by atoms with van der Waals surface area (Å²) in [6, 6.07) is 9.57. The van der Waals surface area contributed by atoms with Gasteiger partial charge >= 0.3 is 6.18 Å². The molecule has 0 saturated heterocycles. The first-order valence-electron chi connectivity index (χ1n) is 7.07. The number of rotatable bonds is 6. The highest BCUT2D eigenvalue weighted by atomic mass is 79.9. The van der Waals surface area contributed by atoms with Crippen LogP contribution in [0.5, 0.6) is 5.75 Å². The third-order valence-electron chi connectivity index (χ3n) is 3.46. The van der Waals surface area contributed by atoms with Gasteiger partial charge in [-0.05, 0) is 42.0 Å². The Morgan fingerprint density at radius 2 is 1.64 bits per heavy atom. The summed E-state index contributed by atoms with van der Waals surface area (Å²) < 4.78 is 70.1. The molecule has 0 aliphatic carbocycles. The molecule has 0 unspecified atom stereocenters. The first-order valence-corrected chi connectivity index (χ1v) is 9.67. The second-order valence-corrected chi connectivity index (χ2v) is 7.48. The monoisotopic (exact) mass is 437 g/mol. The summed E-state index contributed by atoms with van der Waals surface area (Å²) >= 11 is 3.24. The van der Waals surface area contributed by atoms with Crippen molar-refractivity contribution in [1.29, 1.82) is 0 Å². The van der Waals surface area contributed by atoms with Gasteiger partial charge in [0, 0.05) is 5.33 Å². The summed E-state index contributed by atoms with van der Waals surface area (Å²) in [6.45, 7) is 0. The average Bonchev–Trinajstić information content (AvgIpc) is 2.59. The standard InChI is InChI=1S/C16H15BrF3NO3S/c1-24-13-6-2-11(3-7-13)15(10-17)21-25(22,23)14-8-4-12(5-9-14)16(18,19)20/h2-9,15,21H,10H2,1H3/t15-/m0/s1. The normalized spacial score (nSPS) is 13.5. The smallest absolute Gasteiger partial charge is 0.416 e. The average molecular weight is 438 g/mol. The summed E-state index contributed by atoms with van der Waals surface area (Å²) in [5, 5.41) is 0.291. The van der Waals surface area contributed by atoms with Gasteiger partial charge in [0.25, 0.3) is 0 Å². The van der Waals surface area contributed by atoms with Crippen molar-refractivity contribution in [3.8, 4) is 5.75 Å². The Bertz CT molecular complexity index is 806. The van der Waals surface area contributed by atoms with Gasteiger partial charge in [-0.25, -0.2) is 13.1 Å². The van der Waals surface area contributed by atoms with Crippen LogP contribution in [0.3, 0.4) is 0 Å². The molecule has 1 atom stereocenters. The van der Waals surface area contributed by atoms with E-state index in [0.29, 0.717) is 16.6 Å². The zero-order valence-electron chi connectivity index (χ0n) is 13.0. The minimum absolute atomic E-state index is 0.236. The number of methoxy groups -OCH3 is 1. The van der Waals surface area contributed by atoms with E-state index in [1.807, 2.05) is 0 Å². The number of hydrogen-bond donors (Lipinski definition) is 1. The van der Waals surface area contributed by atoms with E-state index in [0.717, 1.165) is 24.3 Å². The maximum Gasteiger partial charge on any atom is 0.416 e. The van der Waals surface area contributed by atoms with E-state index >= 15 is 0 Å². The molecule has 2 aromatic rings. The van der Waals surface area contributed by atoms with Crippen LogP contribution in [-0.2, 0) is 16.2 Å². The van der Waals surface area contributed by atoms with E-state index in [4.69, 9.17) is 4.74 Å². The van der Waals surface area contributed by atoms with Crippen LogP contribution in [0, 0.1) is 0 Å². The number of ether oxygens (including phenoxy) is 1. The third-order valence-corrected chi connectivity index (χ3v) is 5.60. The Balaban J connectivity index is 2.23. The largest absolute Gasteiger partial charge is 0.497 e. The SMILES string of the molecule is COc1ccc([C@H](CBr)NS(=O)(=O)c2ccc(C(F)(F)F)cc2)cc1. The van der Waals surface area contributed by atoms with Crippen LogP contribution in [-0.4, -0.2) is 20.9 Å². The fraction of sp³-hybridized carbons (Fsp3) is 0.250. The molecule has 1 N–H and O–H groups in total. The van der Waals surface area contributed by atoms with Crippen molar-refractivity contribution >= 4 is 26.0 Å². The van der Waals surface area contributed by atoms with Gasteiger partial charge in [0.2, 0.25) is 10.0 Å². The van der Waals surface area contributed by atoms with E-state index in [9.17, 15) is 21.6 Å². The highest BCUT2D eigenvalue weighted by molar-refractivity contribution is 9.09. The van der Waals surface area contributed by atoms with Gasteiger partial charge in [-0.1, -0.05) is 28.1 Å². The summed E-state index contributed by atoms with van der Waals surface area (Å²) in [6.07, 6.45) is -4.52. The molecule has 4 nitrogen and oxygen atoms in total. The molecule has 0 aliphatic rings. The summed E-state index contributed by atoms with van der Waals surface area (Å²) in [5.74, 6) is 0.627. The molecule has 0 aromatic heterocycles.